The molecule has 4 nitrogen and oxygen atoms in total. The van der Waals surface area contributed by atoms with Gasteiger partial charge in [0.25, 0.3) is 0 Å². The average Bonchev–Trinajstić information content (AvgIpc) is 1.87. The summed E-state index contributed by atoms with van der Waals surface area (Å²) in [6.07, 6.45) is 2.97. The lowest BCUT2D eigenvalue weighted by molar-refractivity contribution is -0.107. The zero-order valence-electron chi connectivity index (χ0n) is 6.05. The molecule has 10 heavy (non-hydrogen) atoms. The van der Waals surface area contributed by atoms with Gasteiger partial charge in [0.05, 0.1) is 0 Å². The molecule has 0 aliphatic carbocycles. The quantitative estimate of drug-likeness (QED) is 0.258. The summed E-state index contributed by atoms with van der Waals surface area (Å²) in [7, 11) is 0. The first kappa shape index (κ1) is 9.55. The Bertz CT molecular complexity index is 85.1. The number of nitrogens with two attached hydrogens (primary N) is 2. The van der Waals surface area contributed by atoms with Crippen LogP contribution in [0.1, 0.15) is 19.3 Å². The van der Waals surface area contributed by atoms with E-state index in [0.717, 1.165) is 25.7 Å². The Labute approximate surface area is 61.0 Å². The fraction of sp³-hybridized carbons (Fsp3) is 0.833. The standard InChI is InChI=1S/C6H15N3O/c7-6(8)9-4-2-1-3-5-10/h5-6,9H,1-4,7-8H2. The Morgan fingerprint density at radius 3 is 2.60 bits per heavy atom. The Balaban J connectivity index is 2.83. The maximum atomic E-state index is 9.83. The summed E-state index contributed by atoms with van der Waals surface area (Å²) in [5.74, 6) is 0. The summed E-state index contributed by atoms with van der Waals surface area (Å²) < 4.78 is 0. The molecule has 0 aromatic carbocycles. The number of hydrogen-bond acceptors (Lipinski definition) is 4. The van der Waals surface area contributed by atoms with E-state index < -0.39 is 6.29 Å². The molecule has 0 rings (SSSR count). The van der Waals surface area contributed by atoms with Crippen LogP contribution in [0.15, 0.2) is 0 Å². The van der Waals surface area contributed by atoms with E-state index in [2.05, 4.69) is 5.32 Å². The maximum absolute atomic E-state index is 9.83. The van der Waals surface area contributed by atoms with Crippen molar-refractivity contribution in [2.75, 3.05) is 6.54 Å². The fourth-order valence-electron chi connectivity index (χ4n) is 0.621. The van der Waals surface area contributed by atoms with Gasteiger partial charge in [-0.15, -0.1) is 0 Å². The van der Waals surface area contributed by atoms with Crippen molar-refractivity contribution in [2.24, 2.45) is 11.5 Å². The number of nitrogens with one attached hydrogen (secondary N) is 1. The van der Waals surface area contributed by atoms with Gasteiger partial charge in [0.2, 0.25) is 0 Å². The minimum absolute atomic E-state index is 0.434. The monoisotopic (exact) mass is 145 g/mol. The van der Waals surface area contributed by atoms with Crippen molar-refractivity contribution < 1.29 is 4.79 Å². The van der Waals surface area contributed by atoms with E-state index in [1.807, 2.05) is 0 Å². The molecule has 0 spiro atoms. The van der Waals surface area contributed by atoms with Crippen LogP contribution in [0.5, 0.6) is 0 Å². The SMILES string of the molecule is NC(N)NCCCCC=O. The third-order valence-corrected chi connectivity index (χ3v) is 1.13. The number of unbranched alkanes of at least 4 members (excludes halogenated alkanes) is 2. The van der Waals surface area contributed by atoms with E-state index in [-0.39, 0.29) is 0 Å². The Morgan fingerprint density at radius 1 is 1.40 bits per heavy atom. The van der Waals surface area contributed by atoms with Gasteiger partial charge >= 0.3 is 0 Å². The molecule has 0 saturated heterocycles. The molecular formula is C6H15N3O. The van der Waals surface area contributed by atoms with Crippen LogP contribution in [0.2, 0.25) is 0 Å². The molecule has 0 amide bonds. The van der Waals surface area contributed by atoms with Crippen LogP contribution < -0.4 is 16.8 Å². The Morgan fingerprint density at radius 2 is 2.10 bits per heavy atom. The minimum Gasteiger partial charge on any atom is -0.304 e. The zero-order chi connectivity index (χ0) is 7.82. The highest BCUT2D eigenvalue weighted by atomic mass is 16.1. The number of carbonyl (C=O) groups is 1. The lowest BCUT2D eigenvalue weighted by Gasteiger charge is -2.05. The highest BCUT2D eigenvalue weighted by Gasteiger charge is 1.90. The minimum atomic E-state index is -0.434. The first-order valence-electron chi connectivity index (χ1n) is 3.45. The maximum Gasteiger partial charge on any atom is 0.119 e. The van der Waals surface area contributed by atoms with Gasteiger partial charge in [-0.3, -0.25) is 5.32 Å². The number of hydrogen-bond donors (Lipinski definition) is 3. The van der Waals surface area contributed by atoms with Crippen molar-refractivity contribution in [3.05, 3.63) is 0 Å². The second-order valence-electron chi connectivity index (χ2n) is 2.14. The van der Waals surface area contributed by atoms with Crippen LogP contribution in [-0.4, -0.2) is 19.1 Å². The molecule has 0 aliphatic rings. The topological polar surface area (TPSA) is 81.1 Å². The van der Waals surface area contributed by atoms with Crippen molar-refractivity contribution >= 4 is 6.29 Å². The molecule has 0 aromatic rings. The molecule has 0 saturated carbocycles. The van der Waals surface area contributed by atoms with Gasteiger partial charge in [-0.25, -0.2) is 0 Å². The molecule has 60 valence electrons. The van der Waals surface area contributed by atoms with Crippen LogP contribution in [-0.2, 0) is 4.79 Å². The molecule has 0 fully saturated rings. The molecule has 0 heterocycles. The van der Waals surface area contributed by atoms with E-state index in [4.69, 9.17) is 11.5 Å². The molecule has 5 N–H and O–H groups in total. The van der Waals surface area contributed by atoms with Crippen molar-refractivity contribution in [1.82, 2.24) is 5.32 Å². The highest BCUT2D eigenvalue weighted by molar-refractivity contribution is 5.48. The summed E-state index contributed by atoms with van der Waals surface area (Å²) in [5, 5.41) is 2.84. The second-order valence-corrected chi connectivity index (χ2v) is 2.14. The fourth-order valence-corrected chi connectivity index (χ4v) is 0.621. The van der Waals surface area contributed by atoms with Crippen molar-refractivity contribution in [3.8, 4) is 0 Å². The van der Waals surface area contributed by atoms with E-state index in [0.29, 0.717) is 6.42 Å². The van der Waals surface area contributed by atoms with E-state index in [1.165, 1.54) is 0 Å². The second kappa shape index (κ2) is 6.67. The van der Waals surface area contributed by atoms with Crippen LogP contribution in [0.3, 0.4) is 0 Å². The van der Waals surface area contributed by atoms with Crippen molar-refractivity contribution in [2.45, 2.75) is 25.6 Å². The molecule has 0 aromatic heterocycles. The molecule has 0 radical (unpaired) electrons. The van der Waals surface area contributed by atoms with Crippen molar-refractivity contribution in [1.29, 1.82) is 0 Å². The smallest absolute Gasteiger partial charge is 0.119 e. The number of aldehydes is 1. The third kappa shape index (κ3) is 7.55. The first-order chi connectivity index (χ1) is 4.77. The summed E-state index contributed by atoms with van der Waals surface area (Å²) in [5.41, 5.74) is 10.4. The lowest BCUT2D eigenvalue weighted by Crippen LogP contribution is -2.45. The molecular weight excluding hydrogens is 130 g/mol. The summed E-state index contributed by atoms with van der Waals surface area (Å²) in [6, 6.07) is 0. The van der Waals surface area contributed by atoms with E-state index in [1.54, 1.807) is 0 Å². The number of carbonyl (C=O) groups excluding carboxylic acids is 1. The number of rotatable bonds is 6. The molecule has 0 bridgehead atoms. The largest absolute Gasteiger partial charge is 0.304 e. The zero-order valence-corrected chi connectivity index (χ0v) is 6.05. The van der Waals surface area contributed by atoms with Gasteiger partial charge in [0.15, 0.2) is 0 Å². The van der Waals surface area contributed by atoms with Gasteiger partial charge in [0, 0.05) is 6.42 Å². The molecule has 0 aliphatic heterocycles. The molecule has 4 heteroatoms. The van der Waals surface area contributed by atoms with Gasteiger partial charge in [-0.05, 0) is 19.4 Å². The third-order valence-electron chi connectivity index (χ3n) is 1.13. The van der Waals surface area contributed by atoms with Crippen LogP contribution in [0.25, 0.3) is 0 Å². The van der Waals surface area contributed by atoms with Gasteiger partial charge in [-0.1, -0.05) is 0 Å². The van der Waals surface area contributed by atoms with Crippen LogP contribution in [0, 0.1) is 0 Å². The average molecular weight is 145 g/mol. The Hall–Kier alpha value is -0.450. The van der Waals surface area contributed by atoms with E-state index >= 15 is 0 Å². The lowest BCUT2D eigenvalue weighted by atomic mass is 10.2. The van der Waals surface area contributed by atoms with E-state index in [9.17, 15) is 4.79 Å². The van der Waals surface area contributed by atoms with Crippen LogP contribution in [0.4, 0.5) is 0 Å². The van der Waals surface area contributed by atoms with Gasteiger partial charge in [-0.2, -0.15) is 0 Å². The molecule has 0 unspecified atom stereocenters. The predicted molar refractivity (Wildman–Crippen MR) is 40.1 cm³/mol. The summed E-state index contributed by atoms with van der Waals surface area (Å²) in [6.45, 7) is 0.783. The first-order valence-corrected chi connectivity index (χ1v) is 3.45. The predicted octanol–water partition coefficient (Wildman–Crippen LogP) is -0.854. The van der Waals surface area contributed by atoms with Gasteiger partial charge < -0.3 is 16.3 Å². The van der Waals surface area contributed by atoms with Crippen LogP contribution >= 0.6 is 0 Å². The Kier molecular flexibility index (Phi) is 6.37. The summed E-state index contributed by atoms with van der Waals surface area (Å²) >= 11 is 0. The van der Waals surface area contributed by atoms with Crippen molar-refractivity contribution in [3.63, 3.8) is 0 Å². The van der Waals surface area contributed by atoms with Gasteiger partial charge in [0.1, 0.15) is 12.6 Å². The highest BCUT2D eigenvalue weighted by Crippen LogP contribution is 1.89. The normalized spacial score (nSPS) is 10.3. The summed E-state index contributed by atoms with van der Waals surface area (Å²) in [4.78, 5) is 9.83. The molecule has 0 atom stereocenters.